The molecule has 21 heavy (non-hydrogen) atoms. The highest BCUT2D eigenvalue weighted by Gasteiger charge is 2.15. The lowest BCUT2D eigenvalue weighted by Gasteiger charge is -1.98. The number of carbonyl (C=O) groups is 1. The molecule has 1 N–H and O–H groups in total. The minimum atomic E-state index is -0.459. The molecule has 0 aliphatic rings. The monoisotopic (exact) mass is 303 g/mol. The van der Waals surface area contributed by atoms with Gasteiger partial charge in [0, 0.05) is 10.6 Å². The van der Waals surface area contributed by atoms with Gasteiger partial charge in [-0.25, -0.2) is 0 Å². The lowest BCUT2D eigenvalue weighted by molar-refractivity contribution is 0.0914. The zero-order valence-corrected chi connectivity index (χ0v) is 11.5. The second-order valence-corrected chi connectivity index (χ2v) is 4.62. The topological polar surface area (TPSA) is 81.2 Å². The number of hydrogen-bond donors (Lipinski definition) is 1. The molecule has 0 atom stereocenters. The van der Waals surface area contributed by atoms with Gasteiger partial charge in [0.2, 0.25) is 5.89 Å². The molecule has 0 saturated heterocycles. The van der Waals surface area contributed by atoms with Gasteiger partial charge < -0.3 is 14.2 Å². The van der Waals surface area contributed by atoms with Gasteiger partial charge in [0.1, 0.15) is 5.76 Å². The normalized spacial score (nSPS) is 10.5. The van der Waals surface area contributed by atoms with Crippen molar-refractivity contribution < 1.29 is 13.6 Å². The van der Waals surface area contributed by atoms with E-state index in [1.54, 1.807) is 36.4 Å². The van der Waals surface area contributed by atoms with Gasteiger partial charge in [-0.15, -0.1) is 10.2 Å². The fourth-order valence-electron chi connectivity index (χ4n) is 1.68. The SMILES string of the molecule is O=C(NCc1ccco1)c1nnc(-c2ccc(Cl)cc2)o1. The molecule has 0 radical (unpaired) electrons. The molecular weight excluding hydrogens is 294 g/mol. The fourth-order valence-corrected chi connectivity index (χ4v) is 1.81. The van der Waals surface area contributed by atoms with Gasteiger partial charge in [0.15, 0.2) is 0 Å². The Hall–Kier alpha value is -2.60. The number of rotatable bonds is 4. The van der Waals surface area contributed by atoms with Crippen molar-refractivity contribution in [3.63, 3.8) is 0 Å². The molecule has 3 aromatic rings. The Morgan fingerprint density at radius 1 is 1.19 bits per heavy atom. The van der Waals surface area contributed by atoms with Crippen molar-refractivity contribution in [3.05, 3.63) is 59.3 Å². The molecule has 0 unspecified atom stereocenters. The number of nitrogens with one attached hydrogen (secondary N) is 1. The van der Waals surface area contributed by atoms with E-state index in [1.807, 2.05) is 0 Å². The highest BCUT2D eigenvalue weighted by atomic mass is 35.5. The molecule has 7 heteroatoms. The van der Waals surface area contributed by atoms with Crippen molar-refractivity contribution in [2.75, 3.05) is 0 Å². The van der Waals surface area contributed by atoms with E-state index in [4.69, 9.17) is 20.4 Å². The van der Waals surface area contributed by atoms with E-state index in [1.165, 1.54) is 6.26 Å². The van der Waals surface area contributed by atoms with Gasteiger partial charge in [-0.05, 0) is 36.4 Å². The van der Waals surface area contributed by atoms with Crippen molar-refractivity contribution in [1.82, 2.24) is 15.5 Å². The molecule has 1 amide bonds. The number of nitrogens with zero attached hydrogens (tertiary/aromatic N) is 2. The standard InChI is InChI=1S/C14H10ClN3O3/c15-10-5-3-9(4-6-10)13-17-18-14(21-13)12(19)16-8-11-2-1-7-20-11/h1-7H,8H2,(H,16,19). The van der Waals surface area contributed by atoms with Crippen LogP contribution in [0.2, 0.25) is 5.02 Å². The average molecular weight is 304 g/mol. The van der Waals surface area contributed by atoms with Crippen LogP contribution in [0.25, 0.3) is 11.5 Å². The fraction of sp³-hybridized carbons (Fsp3) is 0.0714. The Morgan fingerprint density at radius 3 is 2.71 bits per heavy atom. The van der Waals surface area contributed by atoms with Crippen molar-refractivity contribution in [3.8, 4) is 11.5 Å². The molecule has 0 aliphatic carbocycles. The first-order valence-corrected chi connectivity index (χ1v) is 6.50. The van der Waals surface area contributed by atoms with E-state index in [-0.39, 0.29) is 18.3 Å². The summed E-state index contributed by atoms with van der Waals surface area (Å²) >= 11 is 5.81. The smallest absolute Gasteiger partial charge is 0.309 e. The molecule has 106 valence electrons. The summed E-state index contributed by atoms with van der Waals surface area (Å²) in [4.78, 5) is 11.9. The summed E-state index contributed by atoms with van der Waals surface area (Å²) in [5, 5.41) is 10.8. The molecule has 0 spiro atoms. The maximum Gasteiger partial charge on any atom is 0.309 e. The molecule has 1 aromatic carbocycles. The first-order chi connectivity index (χ1) is 10.2. The predicted octanol–water partition coefficient (Wildman–Crippen LogP) is 2.91. The third kappa shape index (κ3) is 3.11. The van der Waals surface area contributed by atoms with Crippen LogP contribution in [0, 0.1) is 0 Å². The minimum Gasteiger partial charge on any atom is -0.467 e. The first-order valence-electron chi connectivity index (χ1n) is 6.12. The Kier molecular flexibility index (Phi) is 3.70. The summed E-state index contributed by atoms with van der Waals surface area (Å²) < 4.78 is 10.4. The van der Waals surface area contributed by atoms with Crippen molar-refractivity contribution in [1.29, 1.82) is 0 Å². The molecule has 0 fully saturated rings. The molecule has 0 saturated carbocycles. The lowest BCUT2D eigenvalue weighted by Crippen LogP contribution is -2.22. The van der Waals surface area contributed by atoms with Crippen LogP contribution in [0.4, 0.5) is 0 Å². The van der Waals surface area contributed by atoms with E-state index in [0.717, 1.165) is 0 Å². The highest BCUT2D eigenvalue weighted by Crippen LogP contribution is 2.20. The Bertz CT molecular complexity index is 735. The summed E-state index contributed by atoms with van der Waals surface area (Å²) in [5.41, 5.74) is 0.692. The number of aromatic nitrogens is 2. The maximum atomic E-state index is 11.9. The number of hydrogen-bond acceptors (Lipinski definition) is 5. The Morgan fingerprint density at radius 2 is 2.00 bits per heavy atom. The predicted molar refractivity (Wildman–Crippen MR) is 74.6 cm³/mol. The van der Waals surface area contributed by atoms with Crippen molar-refractivity contribution in [2.45, 2.75) is 6.54 Å². The number of benzene rings is 1. The lowest BCUT2D eigenvalue weighted by atomic mass is 10.2. The molecule has 2 aromatic heterocycles. The van der Waals surface area contributed by atoms with Crippen LogP contribution >= 0.6 is 11.6 Å². The largest absolute Gasteiger partial charge is 0.467 e. The number of carbonyl (C=O) groups excluding carboxylic acids is 1. The third-order valence-corrected chi connectivity index (χ3v) is 2.97. The zero-order chi connectivity index (χ0) is 14.7. The van der Waals surface area contributed by atoms with Crippen LogP contribution in [-0.2, 0) is 6.54 Å². The van der Waals surface area contributed by atoms with Gasteiger partial charge in [-0.1, -0.05) is 11.6 Å². The Balaban J connectivity index is 1.69. The zero-order valence-electron chi connectivity index (χ0n) is 10.7. The summed E-state index contributed by atoms with van der Waals surface area (Å²) in [6, 6.07) is 10.4. The van der Waals surface area contributed by atoms with Crippen LogP contribution in [-0.4, -0.2) is 16.1 Å². The first kappa shape index (κ1) is 13.4. The minimum absolute atomic E-state index is 0.105. The van der Waals surface area contributed by atoms with Gasteiger partial charge in [0.25, 0.3) is 0 Å². The number of furan rings is 1. The van der Waals surface area contributed by atoms with Gasteiger partial charge in [-0.2, -0.15) is 0 Å². The van der Waals surface area contributed by atoms with Gasteiger partial charge >= 0.3 is 11.8 Å². The van der Waals surface area contributed by atoms with Crippen molar-refractivity contribution in [2.24, 2.45) is 0 Å². The second-order valence-electron chi connectivity index (χ2n) is 4.18. The van der Waals surface area contributed by atoms with Crippen LogP contribution in [0.1, 0.15) is 16.4 Å². The van der Waals surface area contributed by atoms with Crippen LogP contribution in [0.5, 0.6) is 0 Å². The van der Waals surface area contributed by atoms with Gasteiger partial charge in [0.05, 0.1) is 12.8 Å². The Labute approximate surface area is 124 Å². The molecular formula is C14H10ClN3O3. The summed E-state index contributed by atoms with van der Waals surface area (Å²) in [5.74, 6) is 0.334. The van der Waals surface area contributed by atoms with Crippen molar-refractivity contribution >= 4 is 17.5 Å². The van der Waals surface area contributed by atoms with E-state index in [0.29, 0.717) is 16.3 Å². The third-order valence-electron chi connectivity index (χ3n) is 2.71. The highest BCUT2D eigenvalue weighted by molar-refractivity contribution is 6.30. The number of halogens is 1. The molecule has 0 aliphatic heterocycles. The summed E-state index contributed by atoms with van der Waals surface area (Å²) in [6.07, 6.45) is 1.53. The van der Waals surface area contributed by atoms with Gasteiger partial charge in [-0.3, -0.25) is 4.79 Å². The van der Waals surface area contributed by atoms with E-state index in [2.05, 4.69) is 15.5 Å². The molecule has 3 rings (SSSR count). The number of amides is 1. The van der Waals surface area contributed by atoms with Crippen LogP contribution < -0.4 is 5.32 Å². The molecule has 6 nitrogen and oxygen atoms in total. The quantitative estimate of drug-likeness (QED) is 0.801. The maximum absolute atomic E-state index is 11.9. The van der Waals surface area contributed by atoms with E-state index >= 15 is 0 Å². The molecule has 0 bridgehead atoms. The van der Waals surface area contributed by atoms with E-state index < -0.39 is 5.91 Å². The van der Waals surface area contributed by atoms with Crippen LogP contribution in [0.3, 0.4) is 0 Å². The van der Waals surface area contributed by atoms with E-state index in [9.17, 15) is 4.79 Å². The average Bonchev–Trinajstić information content (AvgIpc) is 3.17. The second kappa shape index (κ2) is 5.80. The summed E-state index contributed by atoms with van der Waals surface area (Å²) in [6.45, 7) is 0.254. The molecule has 2 heterocycles. The van der Waals surface area contributed by atoms with Crippen LogP contribution in [0.15, 0.2) is 51.5 Å². The summed E-state index contributed by atoms with van der Waals surface area (Å²) in [7, 11) is 0.